The van der Waals surface area contributed by atoms with Crippen LogP contribution in [0.4, 0.5) is 4.79 Å². The molecule has 2 aromatic carbocycles. The second-order valence-corrected chi connectivity index (χ2v) is 9.57. The molecule has 1 heterocycles. The zero-order valence-corrected chi connectivity index (χ0v) is 19.0. The summed E-state index contributed by atoms with van der Waals surface area (Å²) in [6, 6.07) is 16.1. The van der Waals surface area contributed by atoms with Crippen LogP contribution in [0.1, 0.15) is 43.2 Å². The Kier molecular flexibility index (Phi) is 5.56. The number of rotatable bonds is 7. The smallest absolute Gasteiger partial charge is 0.408 e. The van der Waals surface area contributed by atoms with Crippen LogP contribution in [0, 0.1) is 5.92 Å². The van der Waals surface area contributed by atoms with E-state index in [1.165, 1.54) is 6.92 Å². The Morgan fingerprint density at radius 1 is 1.09 bits per heavy atom. The molecule has 2 atom stereocenters. The number of carbonyl (C=O) groups is 3. The molecule has 1 aliphatic heterocycles. The van der Waals surface area contributed by atoms with Crippen molar-refractivity contribution in [3.8, 4) is 11.1 Å². The molecule has 0 spiro atoms. The van der Waals surface area contributed by atoms with E-state index in [1.807, 2.05) is 36.4 Å². The van der Waals surface area contributed by atoms with Gasteiger partial charge in [-0.1, -0.05) is 48.5 Å². The molecule has 0 radical (unpaired) electrons. The second-order valence-electron chi connectivity index (χ2n) is 9.57. The Labute approximate surface area is 197 Å². The van der Waals surface area contributed by atoms with Crippen molar-refractivity contribution in [1.29, 1.82) is 0 Å². The fourth-order valence-corrected chi connectivity index (χ4v) is 5.08. The average Bonchev–Trinajstić information content (AvgIpc) is 3.51. The van der Waals surface area contributed by atoms with Gasteiger partial charge in [-0.15, -0.1) is 0 Å². The molecule has 0 bridgehead atoms. The number of aliphatic carboxylic acids is 1. The molecule has 3 N–H and O–H groups in total. The van der Waals surface area contributed by atoms with Gasteiger partial charge in [-0.2, -0.15) is 0 Å². The van der Waals surface area contributed by atoms with E-state index in [9.17, 15) is 19.5 Å². The predicted molar refractivity (Wildman–Crippen MR) is 123 cm³/mol. The zero-order chi connectivity index (χ0) is 23.9. The lowest BCUT2D eigenvalue weighted by Gasteiger charge is -2.33. The first kappa shape index (κ1) is 22.4. The van der Waals surface area contributed by atoms with Crippen LogP contribution in [0.25, 0.3) is 11.1 Å². The Hall–Kier alpha value is -3.39. The number of carbonyl (C=O) groups excluding carboxylic acids is 2. The highest BCUT2D eigenvalue weighted by atomic mass is 16.6. The molecule has 178 valence electrons. The van der Waals surface area contributed by atoms with Gasteiger partial charge in [-0.25, -0.2) is 9.59 Å². The van der Waals surface area contributed by atoms with Gasteiger partial charge in [0.25, 0.3) is 0 Å². The number of hydrogen-bond donors (Lipinski definition) is 3. The second kappa shape index (κ2) is 8.43. The Morgan fingerprint density at radius 3 is 2.24 bits per heavy atom. The van der Waals surface area contributed by atoms with Crippen molar-refractivity contribution < 1.29 is 29.0 Å². The van der Waals surface area contributed by atoms with Gasteiger partial charge in [0.15, 0.2) is 0 Å². The first-order chi connectivity index (χ1) is 16.3. The highest BCUT2D eigenvalue weighted by Crippen LogP contribution is 2.44. The summed E-state index contributed by atoms with van der Waals surface area (Å²) in [5.74, 6) is -1.87. The fraction of sp³-hybridized carbons (Fsp3) is 0.423. The molecule has 1 saturated heterocycles. The van der Waals surface area contributed by atoms with Crippen LogP contribution in [0.15, 0.2) is 48.5 Å². The van der Waals surface area contributed by atoms with Crippen molar-refractivity contribution in [3.63, 3.8) is 0 Å². The quantitative estimate of drug-likeness (QED) is 0.580. The third-order valence-corrected chi connectivity index (χ3v) is 7.35. The summed E-state index contributed by atoms with van der Waals surface area (Å²) >= 11 is 0. The number of ether oxygens (including phenoxy) is 2. The lowest BCUT2D eigenvalue weighted by molar-refractivity contribution is -0.149. The molecule has 0 aromatic heterocycles. The SMILES string of the molecule is CC(NC(=O)C1(NC(=O)OCC2c3ccccc3-c3ccccc32)CCOC1)(C(=O)O)C1CC1. The summed E-state index contributed by atoms with van der Waals surface area (Å²) in [7, 11) is 0. The molecule has 2 unspecified atom stereocenters. The highest BCUT2D eigenvalue weighted by Gasteiger charge is 2.53. The van der Waals surface area contributed by atoms with E-state index >= 15 is 0 Å². The lowest BCUT2D eigenvalue weighted by Crippen LogP contribution is -2.65. The number of alkyl carbamates (subject to hydrolysis) is 1. The van der Waals surface area contributed by atoms with Gasteiger partial charge in [0.1, 0.15) is 17.7 Å². The number of benzene rings is 2. The predicted octanol–water partition coefficient (Wildman–Crippen LogP) is 3.05. The van der Waals surface area contributed by atoms with E-state index < -0.39 is 29.0 Å². The topological polar surface area (TPSA) is 114 Å². The Morgan fingerprint density at radius 2 is 1.71 bits per heavy atom. The van der Waals surface area contributed by atoms with Crippen molar-refractivity contribution in [1.82, 2.24) is 10.6 Å². The number of carboxylic acid groups (broad SMARTS) is 1. The molecule has 3 aliphatic rings. The molecule has 2 aromatic rings. The van der Waals surface area contributed by atoms with E-state index in [0.29, 0.717) is 0 Å². The molecule has 8 nitrogen and oxygen atoms in total. The third-order valence-electron chi connectivity index (χ3n) is 7.35. The van der Waals surface area contributed by atoms with Crippen LogP contribution >= 0.6 is 0 Å². The summed E-state index contributed by atoms with van der Waals surface area (Å²) in [6.07, 6.45) is 0.994. The van der Waals surface area contributed by atoms with Gasteiger partial charge < -0.3 is 25.2 Å². The molecular formula is C26H28N2O6. The van der Waals surface area contributed by atoms with Gasteiger partial charge in [0.05, 0.1) is 6.61 Å². The van der Waals surface area contributed by atoms with Crippen molar-refractivity contribution in [2.24, 2.45) is 5.92 Å². The van der Waals surface area contributed by atoms with Gasteiger partial charge in [0.2, 0.25) is 5.91 Å². The van der Waals surface area contributed by atoms with Gasteiger partial charge in [0, 0.05) is 18.9 Å². The Balaban J connectivity index is 1.29. The summed E-state index contributed by atoms with van der Waals surface area (Å²) in [4.78, 5) is 37.9. The van der Waals surface area contributed by atoms with E-state index in [0.717, 1.165) is 35.1 Å². The standard InChI is InChI=1S/C26H28N2O6/c1-25(23(30)31,16-10-11-16)27-22(29)26(12-13-33-15-26)28-24(32)34-14-21-19-8-4-2-6-17(19)18-7-3-5-9-20(18)21/h2-9,16,21H,10-15H2,1H3,(H,27,29)(H,28,32)(H,30,31). The zero-order valence-electron chi connectivity index (χ0n) is 19.0. The van der Waals surface area contributed by atoms with Gasteiger partial charge >= 0.3 is 12.1 Å². The lowest BCUT2D eigenvalue weighted by atomic mass is 9.91. The van der Waals surface area contributed by atoms with Gasteiger partial charge in [-0.3, -0.25) is 4.79 Å². The van der Waals surface area contributed by atoms with Crippen molar-refractivity contribution in [3.05, 3.63) is 59.7 Å². The fourth-order valence-electron chi connectivity index (χ4n) is 5.08. The normalized spacial score (nSPS) is 22.9. The molecule has 2 fully saturated rings. The minimum atomic E-state index is -1.38. The first-order valence-corrected chi connectivity index (χ1v) is 11.6. The van der Waals surface area contributed by atoms with Crippen molar-refractivity contribution in [2.45, 2.75) is 43.2 Å². The van der Waals surface area contributed by atoms with E-state index in [-0.39, 0.29) is 38.1 Å². The molecule has 2 amide bonds. The maximum Gasteiger partial charge on any atom is 0.408 e. The molecule has 34 heavy (non-hydrogen) atoms. The highest BCUT2D eigenvalue weighted by molar-refractivity contribution is 5.95. The summed E-state index contributed by atoms with van der Waals surface area (Å²) < 4.78 is 11.0. The first-order valence-electron chi connectivity index (χ1n) is 11.6. The minimum absolute atomic E-state index is 0.0383. The van der Waals surface area contributed by atoms with Crippen LogP contribution in [0.2, 0.25) is 0 Å². The number of nitrogens with one attached hydrogen (secondary N) is 2. The maximum absolute atomic E-state index is 13.2. The number of carboxylic acids is 1. The minimum Gasteiger partial charge on any atom is -0.480 e. The number of amides is 2. The monoisotopic (exact) mass is 464 g/mol. The molecule has 8 heteroatoms. The largest absolute Gasteiger partial charge is 0.480 e. The number of hydrogen-bond acceptors (Lipinski definition) is 5. The van der Waals surface area contributed by atoms with Crippen molar-refractivity contribution in [2.75, 3.05) is 19.8 Å². The van der Waals surface area contributed by atoms with E-state index in [1.54, 1.807) is 0 Å². The van der Waals surface area contributed by atoms with Crippen molar-refractivity contribution >= 4 is 18.0 Å². The van der Waals surface area contributed by atoms with Crippen LogP contribution in [-0.2, 0) is 19.1 Å². The van der Waals surface area contributed by atoms with Crippen LogP contribution < -0.4 is 10.6 Å². The summed E-state index contributed by atoms with van der Waals surface area (Å²) in [5, 5.41) is 15.1. The maximum atomic E-state index is 13.2. The Bertz CT molecular complexity index is 1090. The van der Waals surface area contributed by atoms with E-state index in [4.69, 9.17) is 9.47 Å². The summed E-state index contributed by atoms with van der Waals surface area (Å²) in [6.45, 7) is 1.88. The average molecular weight is 465 g/mol. The van der Waals surface area contributed by atoms with E-state index in [2.05, 4.69) is 22.8 Å². The molecular weight excluding hydrogens is 436 g/mol. The molecule has 1 saturated carbocycles. The summed E-state index contributed by atoms with van der Waals surface area (Å²) in [5.41, 5.74) is 1.69. The van der Waals surface area contributed by atoms with Crippen LogP contribution in [0.5, 0.6) is 0 Å². The van der Waals surface area contributed by atoms with Crippen LogP contribution in [-0.4, -0.2) is 54.0 Å². The molecule has 5 rings (SSSR count). The van der Waals surface area contributed by atoms with Gasteiger partial charge in [-0.05, 0) is 47.9 Å². The number of fused-ring (bicyclic) bond motifs is 3. The molecule has 2 aliphatic carbocycles. The van der Waals surface area contributed by atoms with Crippen LogP contribution in [0.3, 0.4) is 0 Å². The third kappa shape index (κ3) is 3.81.